The Hall–Kier alpha value is -4.37. The summed E-state index contributed by atoms with van der Waals surface area (Å²) in [5.41, 5.74) is 8.89. The van der Waals surface area contributed by atoms with E-state index in [0.29, 0.717) is 12.1 Å². The molecule has 0 N–H and O–H groups in total. The molecule has 3 nitrogen and oxygen atoms in total. The molecule has 1 amide bonds. The number of rotatable bonds is 3. The van der Waals surface area contributed by atoms with Crippen LogP contribution in [0.1, 0.15) is 32.6 Å². The number of hydrogen-bond donors (Lipinski definition) is 0. The van der Waals surface area contributed by atoms with Crippen LogP contribution in [0.4, 0.5) is 11.4 Å². The van der Waals surface area contributed by atoms with Crippen molar-refractivity contribution in [1.29, 1.82) is 0 Å². The van der Waals surface area contributed by atoms with Crippen molar-refractivity contribution in [3.05, 3.63) is 149 Å². The largest absolute Gasteiger partial charge is 0.344 e. The number of carbonyl (C=O) groups excluding carboxylic acids is 1. The Morgan fingerprint density at radius 2 is 1.37 bits per heavy atom. The lowest BCUT2D eigenvalue weighted by Crippen LogP contribution is -2.30. The summed E-state index contributed by atoms with van der Waals surface area (Å²) in [6.45, 7) is 1.37. The van der Waals surface area contributed by atoms with E-state index in [0.717, 1.165) is 24.3 Å². The Bertz CT molecular complexity index is 1430. The van der Waals surface area contributed by atoms with E-state index in [1.54, 1.807) is 0 Å². The fraction of sp³-hybridized carbons (Fsp3) is 0.0938. The molecule has 0 bridgehead atoms. The summed E-state index contributed by atoms with van der Waals surface area (Å²) in [4.78, 5) is 17.8. The van der Waals surface area contributed by atoms with Gasteiger partial charge in [-0.25, -0.2) is 0 Å². The van der Waals surface area contributed by atoms with Gasteiger partial charge in [-0.15, -0.1) is 0 Å². The highest BCUT2D eigenvalue weighted by Crippen LogP contribution is 2.32. The Morgan fingerprint density at radius 1 is 0.686 bits per heavy atom. The van der Waals surface area contributed by atoms with Crippen LogP contribution in [0, 0.1) is 0 Å². The van der Waals surface area contributed by atoms with Crippen LogP contribution < -0.4 is 9.80 Å². The third-order valence-corrected chi connectivity index (χ3v) is 6.85. The van der Waals surface area contributed by atoms with Crippen LogP contribution in [0.5, 0.6) is 0 Å². The van der Waals surface area contributed by atoms with Crippen molar-refractivity contribution in [2.45, 2.75) is 13.0 Å². The fourth-order valence-corrected chi connectivity index (χ4v) is 4.93. The minimum atomic E-state index is 0.0288. The standard InChI is InChI=1S/C32H26N2O/c35-32(34-23-29-12-5-4-10-27(29)22-28-11-6-7-13-31(28)34)26-14-16-30(17-15-26)33-20-18-25(19-21-33)24-8-2-1-3-9-24/h1-20H,21-23H2. The molecule has 2 heterocycles. The quantitative estimate of drug-likeness (QED) is 0.338. The van der Waals surface area contributed by atoms with Gasteiger partial charge < -0.3 is 9.80 Å². The minimum Gasteiger partial charge on any atom is -0.344 e. The second-order valence-corrected chi connectivity index (χ2v) is 9.01. The van der Waals surface area contributed by atoms with Gasteiger partial charge in [-0.1, -0.05) is 78.9 Å². The predicted molar refractivity (Wildman–Crippen MR) is 144 cm³/mol. The number of benzene rings is 4. The van der Waals surface area contributed by atoms with Crippen molar-refractivity contribution in [3.8, 4) is 0 Å². The highest BCUT2D eigenvalue weighted by Gasteiger charge is 2.24. The van der Waals surface area contributed by atoms with Gasteiger partial charge in [0.05, 0.1) is 6.54 Å². The van der Waals surface area contributed by atoms with Gasteiger partial charge in [0.1, 0.15) is 0 Å². The Balaban J connectivity index is 1.23. The van der Waals surface area contributed by atoms with Gasteiger partial charge in [0, 0.05) is 29.7 Å². The molecule has 0 spiro atoms. The Morgan fingerprint density at radius 3 is 2.11 bits per heavy atom. The minimum absolute atomic E-state index is 0.0288. The molecule has 0 aliphatic carbocycles. The van der Waals surface area contributed by atoms with Crippen molar-refractivity contribution in [1.82, 2.24) is 0 Å². The summed E-state index contributed by atoms with van der Waals surface area (Å²) in [5.74, 6) is 0.0288. The molecule has 0 atom stereocenters. The van der Waals surface area contributed by atoms with Crippen LogP contribution in [0.25, 0.3) is 5.57 Å². The average molecular weight is 455 g/mol. The molecule has 0 radical (unpaired) electrons. The van der Waals surface area contributed by atoms with E-state index in [4.69, 9.17) is 0 Å². The molecule has 0 unspecified atom stereocenters. The molecule has 0 aromatic heterocycles. The SMILES string of the molecule is O=C(c1ccc(N2C=CC(c3ccccc3)=CC2)cc1)N1Cc2ccccc2Cc2ccccc21. The number of hydrogen-bond acceptors (Lipinski definition) is 2. The zero-order chi connectivity index (χ0) is 23.6. The van der Waals surface area contributed by atoms with Crippen LogP contribution in [0.3, 0.4) is 0 Å². The van der Waals surface area contributed by atoms with Crippen molar-refractivity contribution < 1.29 is 4.79 Å². The van der Waals surface area contributed by atoms with E-state index in [1.807, 2.05) is 47.4 Å². The van der Waals surface area contributed by atoms with Crippen LogP contribution in [0.2, 0.25) is 0 Å². The highest BCUT2D eigenvalue weighted by molar-refractivity contribution is 6.06. The third-order valence-electron chi connectivity index (χ3n) is 6.85. The van der Waals surface area contributed by atoms with Crippen molar-refractivity contribution in [3.63, 3.8) is 0 Å². The van der Waals surface area contributed by atoms with Gasteiger partial charge in [0.2, 0.25) is 0 Å². The molecule has 35 heavy (non-hydrogen) atoms. The predicted octanol–water partition coefficient (Wildman–Crippen LogP) is 6.86. The fourth-order valence-electron chi connectivity index (χ4n) is 4.93. The molecular formula is C32H26N2O. The van der Waals surface area contributed by atoms with Gasteiger partial charge in [0.15, 0.2) is 0 Å². The topological polar surface area (TPSA) is 23.6 Å². The lowest BCUT2D eigenvalue weighted by atomic mass is 10.0. The molecule has 4 aromatic rings. The van der Waals surface area contributed by atoms with E-state index in [9.17, 15) is 4.79 Å². The number of nitrogens with zero attached hydrogens (tertiary/aromatic N) is 2. The normalized spacial score (nSPS) is 14.6. The van der Waals surface area contributed by atoms with E-state index >= 15 is 0 Å². The summed E-state index contributed by atoms with van der Waals surface area (Å²) in [7, 11) is 0. The number of para-hydroxylation sites is 1. The molecular weight excluding hydrogens is 428 g/mol. The molecule has 3 heteroatoms. The van der Waals surface area contributed by atoms with Crippen LogP contribution in [-0.2, 0) is 13.0 Å². The summed E-state index contributed by atoms with van der Waals surface area (Å²) >= 11 is 0. The van der Waals surface area contributed by atoms with Crippen molar-refractivity contribution >= 4 is 22.9 Å². The zero-order valence-corrected chi connectivity index (χ0v) is 19.5. The molecule has 4 aromatic carbocycles. The van der Waals surface area contributed by atoms with Gasteiger partial charge in [-0.2, -0.15) is 0 Å². The average Bonchev–Trinajstić information content (AvgIpc) is 3.10. The van der Waals surface area contributed by atoms with E-state index in [-0.39, 0.29) is 5.91 Å². The summed E-state index contributed by atoms with van der Waals surface area (Å²) in [6, 6.07) is 35.1. The Labute approximate surface area is 206 Å². The lowest BCUT2D eigenvalue weighted by molar-refractivity contribution is 0.0985. The summed E-state index contributed by atoms with van der Waals surface area (Å²) < 4.78 is 0. The second-order valence-electron chi connectivity index (χ2n) is 9.01. The lowest BCUT2D eigenvalue weighted by Gasteiger charge is -2.25. The van der Waals surface area contributed by atoms with Crippen LogP contribution >= 0.6 is 0 Å². The van der Waals surface area contributed by atoms with E-state index < -0.39 is 0 Å². The first-order valence-corrected chi connectivity index (χ1v) is 12.0. The molecule has 0 saturated heterocycles. The van der Waals surface area contributed by atoms with Gasteiger partial charge in [0.25, 0.3) is 5.91 Å². The Kier molecular flexibility index (Phi) is 5.51. The van der Waals surface area contributed by atoms with Gasteiger partial charge in [-0.3, -0.25) is 4.79 Å². The van der Waals surface area contributed by atoms with Crippen LogP contribution in [0.15, 0.2) is 121 Å². The molecule has 0 saturated carbocycles. The first-order valence-electron chi connectivity index (χ1n) is 12.0. The molecule has 2 aliphatic heterocycles. The van der Waals surface area contributed by atoms with Gasteiger partial charge in [-0.05, 0) is 70.7 Å². The molecule has 0 fully saturated rings. The first-order chi connectivity index (χ1) is 17.3. The van der Waals surface area contributed by atoms with Crippen LogP contribution in [-0.4, -0.2) is 12.5 Å². The van der Waals surface area contributed by atoms with E-state index in [2.05, 4.69) is 83.9 Å². The molecule has 2 aliphatic rings. The first kappa shape index (κ1) is 21.2. The molecule has 170 valence electrons. The second kappa shape index (κ2) is 9.11. The van der Waals surface area contributed by atoms with Crippen molar-refractivity contribution in [2.24, 2.45) is 0 Å². The highest BCUT2D eigenvalue weighted by atomic mass is 16.2. The number of anilines is 2. The smallest absolute Gasteiger partial charge is 0.258 e. The van der Waals surface area contributed by atoms with Gasteiger partial charge >= 0.3 is 0 Å². The maximum atomic E-state index is 13.7. The maximum absolute atomic E-state index is 13.7. The van der Waals surface area contributed by atoms with Crippen molar-refractivity contribution in [2.75, 3.05) is 16.3 Å². The monoisotopic (exact) mass is 454 g/mol. The number of amides is 1. The number of fused-ring (bicyclic) bond motifs is 2. The number of allylic oxidation sites excluding steroid dienone is 2. The zero-order valence-electron chi connectivity index (χ0n) is 19.5. The summed E-state index contributed by atoms with van der Waals surface area (Å²) in [6.07, 6.45) is 7.33. The maximum Gasteiger partial charge on any atom is 0.258 e. The summed E-state index contributed by atoms with van der Waals surface area (Å²) in [5, 5.41) is 0. The van der Waals surface area contributed by atoms with E-state index in [1.165, 1.54) is 27.8 Å². The molecule has 6 rings (SSSR count). The third kappa shape index (κ3) is 4.17. The number of carbonyl (C=O) groups is 1.